The van der Waals surface area contributed by atoms with Crippen LogP contribution in [0.3, 0.4) is 0 Å². The molecule has 0 aliphatic carbocycles. The molecule has 0 saturated heterocycles. The van der Waals surface area contributed by atoms with E-state index >= 15 is 0 Å². The van der Waals surface area contributed by atoms with Gasteiger partial charge in [-0.15, -0.1) is 0 Å². The van der Waals surface area contributed by atoms with E-state index in [1.54, 1.807) is 0 Å². The maximum Gasteiger partial charge on any atom is 0.306 e. The number of unbranched alkanes of at least 4 members (excludes halogenated alkanes) is 40. The molecule has 0 heterocycles. The van der Waals surface area contributed by atoms with Crippen molar-refractivity contribution in [1.82, 2.24) is 5.32 Å². The Morgan fingerprint density at radius 2 is 0.772 bits per heavy atom. The zero-order chi connectivity index (χ0) is 57.9. The lowest BCUT2D eigenvalue weighted by molar-refractivity contribution is -0.870. The van der Waals surface area contributed by atoms with Crippen molar-refractivity contribution in [2.45, 2.75) is 341 Å². The summed E-state index contributed by atoms with van der Waals surface area (Å²) in [5.74, 6) is -0.547. The van der Waals surface area contributed by atoms with Gasteiger partial charge in [-0.25, -0.2) is 0 Å². The topological polar surface area (TPSA) is 114 Å². The van der Waals surface area contributed by atoms with E-state index < -0.39 is 26.6 Å². The monoisotopic (exact) mass is 1130 g/mol. The van der Waals surface area contributed by atoms with Crippen molar-refractivity contribution >= 4 is 19.7 Å². The fourth-order valence-electron chi connectivity index (χ4n) is 9.96. The van der Waals surface area contributed by atoms with E-state index in [2.05, 4.69) is 62.5 Å². The van der Waals surface area contributed by atoms with Crippen LogP contribution in [0.15, 0.2) is 48.6 Å². The molecule has 0 fully saturated rings. The van der Waals surface area contributed by atoms with Gasteiger partial charge in [-0.1, -0.05) is 275 Å². The van der Waals surface area contributed by atoms with E-state index in [-0.39, 0.29) is 24.9 Å². The van der Waals surface area contributed by atoms with Crippen LogP contribution in [0.1, 0.15) is 329 Å². The largest absolute Gasteiger partial charge is 0.756 e. The number of phosphoric ester groups is 1. The number of nitrogens with one attached hydrogen (secondary N) is 1. The highest BCUT2D eigenvalue weighted by Crippen LogP contribution is 2.38. The molecule has 0 aliphatic heterocycles. The predicted octanol–water partition coefficient (Wildman–Crippen LogP) is 20.6. The minimum absolute atomic E-state index is 0.0235. The Morgan fingerprint density at radius 3 is 1.19 bits per heavy atom. The van der Waals surface area contributed by atoms with Crippen LogP contribution in [-0.2, 0) is 27.9 Å². The van der Waals surface area contributed by atoms with Crippen molar-refractivity contribution in [2.24, 2.45) is 0 Å². The minimum Gasteiger partial charge on any atom is -0.756 e. The van der Waals surface area contributed by atoms with Crippen LogP contribution in [0.5, 0.6) is 0 Å². The number of carbonyl (C=O) groups is 2. The summed E-state index contributed by atoms with van der Waals surface area (Å²) in [7, 11) is 1.19. The number of amides is 1. The third-order valence-electron chi connectivity index (χ3n) is 15.2. The van der Waals surface area contributed by atoms with Gasteiger partial charge < -0.3 is 28.5 Å². The zero-order valence-corrected chi connectivity index (χ0v) is 54.0. The minimum atomic E-state index is -4.70. The van der Waals surface area contributed by atoms with E-state index in [1.165, 1.54) is 218 Å². The van der Waals surface area contributed by atoms with Gasteiger partial charge in [0.25, 0.3) is 7.82 Å². The molecule has 10 heteroatoms. The SMILES string of the molecule is CCCCC/C=C\C/C=C\CCCCCCCCCCCCCCCCCCCC(=O)OC(/C=C\CCCCCCCCCCCC)C(COP(=O)([O-])OCC[N+](C)(C)C)NC(=O)CCCCC/C=C\CCCCCCCCC. The van der Waals surface area contributed by atoms with E-state index in [1.807, 2.05) is 33.3 Å². The van der Waals surface area contributed by atoms with Gasteiger partial charge in [-0.2, -0.15) is 0 Å². The summed E-state index contributed by atoms with van der Waals surface area (Å²) in [6, 6.07) is -0.894. The molecule has 9 nitrogen and oxygen atoms in total. The van der Waals surface area contributed by atoms with E-state index in [0.29, 0.717) is 17.4 Å². The fraction of sp³-hybridized carbons (Fsp3) is 0.855. The first kappa shape index (κ1) is 77.0. The van der Waals surface area contributed by atoms with Crippen LogP contribution < -0.4 is 10.2 Å². The second kappa shape index (κ2) is 59.1. The van der Waals surface area contributed by atoms with Crippen molar-refractivity contribution in [3.05, 3.63) is 48.6 Å². The number of hydrogen-bond acceptors (Lipinski definition) is 7. The number of carbonyl (C=O) groups excluding carboxylic acids is 2. The highest BCUT2D eigenvalue weighted by atomic mass is 31.2. The van der Waals surface area contributed by atoms with E-state index in [0.717, 1.165) is 77.0 Å². The number of ether oxygens (including phenoxy) is 1. The molecule has 0 aromatic carbocycles. The molecule has 1 N–H and O–H groups in total. The molecule has 0 radical (unpaired) electrons. The van der Waals surface area contributed by atoms with Gasteiger partial charge in [-0.05, 0) is 89.5 Å². The summed E-state index contributed by atoms with van der Waals surface area (Å²) < 4.78 is 30.4. The highest BCUT2D eigenvalue weighted by molar-refractivity contribution is 7.45. The first-order valence-corrected chi connectivity index (χ1v) is 35.4. The highest BCUT2D eigenvalue weighted by Gasteiger charge is 2.27. The molecule has 3 unspecified atom stereocenters. The smallest absolute Gasteiger partial charge is 0.306 e. The summed E-state index contributed by atoms with van der Waals surface area (Å²) in [6.07, 6.45) is 73.8. The second-order valence-electron chi connectivity index (χ2n) is 24.3. The normalized spacial score (nSPS) is 13.9. The van der Waals surface area contributed by atoms with Crippen molar-refractivity contribution < 1.29 is 37.3 Å². The first-order valence-electron chi connectivity index (χ1n) is 33.9. The molecule has 0 saturated carbocycles. The summed E-state index contributed by atoms with van der Waals surface area (Å²) in [5, 5.41) is 3.03. The van der Waals surface area contributed by atoms with Crippen LogP contribution in [0.2, 0.25) is 0 Å². The molecule has 0 aliphatic rings. The molecular formula is C69H131N2O7P. The average molecular weight is 1130 g/mol. The third kappa shape index (κ3) is 60.4. The van der Waals surface area contributed by atoms with Crippen molar-refractivity contribution in [3.8, 4) is 0 Å². The summed E-state index contributed by atoms with van der Waals surface area (Å²) in [5.41, 5.74) is 0. The Balaban J connectivity index is 5.00. The van der Waals surface area contributed by atoms with Crippen LogP contribution in [0, 0.1) is 0 Å². The third-order valence-corrected chi connectivity index (χ3v) is 16.2. The number of hydrogen-bond donors (Lipinski definition) is 1. The van der Waals surface area contributed by atoms with E-state index in [9.17, 15) is 19.0 Å². The number of nitrogens with zero attached hydrogens (tertiary/aromatic N) is 1. The lowest BCUT2D eigenvalue weighted by atomic mass is 10.0. The molecule has 0 aromatic heterocycles. The van der Waals surface area contributed by atoms with Gasteiger partial charge in [-0.3, -0.25) is 14.2 Å². The zero-order valence-electron chi connectivity index (χ0n) is 53.1. The Kier molecular flexibility index (Phi) is 57.6. The number of quaternary nitrogens is 1. The maximum absolute atomic E-state index is 13.5. The molecule has 0 rings (SSSR count). The van der Waals surface area contributed by atoms with Crippen molar-refractivity contribution in [3.63, 3.8) is 0 Å². The lowest BCUT2D eigenvalue weighted by Crippen LogP contribution is -2.47. The van der Waals surface area contributed by atoms with E-state index in [4.69, 9.17) is 13.8 Å². The van der Waals surface area contributed by atoms with Crippen LogP contribution in [-0.4, -0.2) is 69.4 Å². The Labute approximate surface area is 490 Å². The average Bonchev–Trinajstić information content (AvgIpc) is 3.41. The Bertz CT molecular complexity index is 1490. The van der Waals surface area contributed by atoms with Gasteiger partial charge in [0.2, 0.25) is 5.91 Å². The molecule has 3 atom stereocenters. The van der Waals surface area contributed by atoms with Gasteiger partial charge in [0, 0.05) is 12.8 Å². The van der Waals surface area contributed by atoms with Gasteiger partial charge >= 0.3 is 5.97 Å². The van der Waals surface area contributed by atoms with Gasteiger partial charge in [0.1, 0.15) is 19.3 Å². The molecule has 79 heavy (non-hydrogen) atoms. The molecule has 464 valence electrons. The molecule has 0 bridgehead atoms. The first-order chi connectivity index (χ1) is 38.4. The number of allylic oxidation sites excluding steroid dienone is 7. The van der Waals surface area contributed by atoms with Crippen LogP contribution >= 0.6 is 7.82 Å². The Hall–Kier alpha value is -2.03. The predicted molar refractivity (Wildman–Crippen MR) is 339 cm³/mol. The number of phosphoric acid groups is 1. The Morgan fingerprint density at radius 1 is 0.443 bits per heavy atom. The van der Waals surface area contributed by atoms with Crippen molar-refractivity contribution in [2.75, 3.05) is 40.9 Å². The number of esters is 1. The molecule has 0 spiro atoms. The van der Waals surface area contributed by atoms with Crippen LogP contribution in [0.4, 0.5) is 0 Å². The summed E-state index contributed by atoms with van der Waals surface area (Å²) in [6.45, 7) is 6.84. The fourth-order valence-corrected chi connectivity index (χ4v) is 10.7. The second-order valence-corrected chi connectivity index (χ2v) is 25.7. The number of likely N-dealkylation sites (N-methyl/N-ethyl adjacent to an activating group) is 1. The summed E-state index contributed by atoms with van der Waals surface area (Å²) in [4.78, 5) is 40.0. The lowest BCUT2D eigenvalue weighted by Gasteiger charge is -2.30. The maximum atomic E-state index is 13.5. The summed E-state index contributed by atoms with van der Waals surface area (Å²) >= 11 is 0. The standard InChI is InChI=1S/C69H131N2O7P/c1-7-10-13-16-19-22-25-28-30-31-32-33-34-35-36-37-38-39-40-41-42-44-47-50-53-56-59-62-69(73)78-67(60-57-54-51-48-45-27-24-21-18-15-12-9-3)66(65-77-79(74,75)76-64-63-71(4,5)6)70-68(72)61-58-55-52-49-46-43-29-26-23-20-17-14-11-8-2/h19,22,28,30,43,46,57,60,66-67H,7-18,20-21,23-27,29,31-42,44-45,47-56,58-59,61-65H2,1-6H3,(H-,70,72,74,75)/b22-19-,30-28-,46-43-,60-57-. The quantitative estimate of drug-likeness (QED) is 0.0212. The van der Waals surface area contributed by atoms with Gasteiger partial charge in [0.15, 0.2) is 0 Å². The number of rotatable bonds is 62. The molecule has 1 amide bonds. The molecular weight excluding hydrogens is 1000 g/mol. The van der Waals surface area contributed by atoms with Gasteiger partial charge in [0.05, 0.1) is 33.8 Å². The van der Waals surface area contributed by atoms with Crippen molar-refractivity contribution in [1.29, 1.82) is 0 Å². The molecule has 0 aromatic rings. The van der Waals surface area contributed by atoms with Crippen LogP contribution in [0.25, 0.3) is 0 Å².